The Morgan fingerprint density at radius 2 is 1.61 bits per heavy atom. The molecule has 3 rings (SSSR count). The van der Waals surface area contributed by atoms with Gasteiger partial charge in [-0.3, -0.25) is 9.80 Å². The van der Waals surface area contributed by atoms with Crippen molar-refractivity contribution in [2.24, 2.45) is 0 Å². The van der Waals surface area contributed by atoms with Crippen LogP contribution in [-0.4, -0.2) is 80.4 Å². The molecule has 0 bridgehead atoms. The number of carbonyl (C=O) groups is 1. The fourth-order valence-corrected chi connectivity index (χ4v) is 4.34. The molecule has 1 aromatic rings. The highest BCUT2D eigenvalue weighted by Crippen LogP contribution is 2.30. The van der Waals surface area contributed by atoms with Gasteiger partial charge in [-0.15, -0.1) is 0 Å². The van der Waals surface area contributed by atoms with Crippen LogP contribution >= 0.6 is 0 Å². The van der Waals surface area contributed by atoms with Crippen molar-refractivity contribution in [2.75, 3.05) is 57.3 Å². The lowest BCUT2D eigenvalue weighted by Gasteiger charge is -2.41. The number of anilines is 1. The lowest BCUT2D eigenvalue weighted by atomic mass is 10.0. The van der Waals surface area contributed by atoms with Gasteiger partial charge in [-0.25, -0.2) is 9.18 Å². The van der Waals surface area contributed by atoms with E-state index < -0.39 is 29.9 Å². The molecule has 2 atom stereocenters. The normalized spacial score (nSPS) is 21.0. The summed E-state index contributed by atoms with van der Waals surface area (Å²) in [4.78, 5) is 18.3. The number of alkyl halides is 4. The smallest absolute Gasteiger partial charge is 0.416 e. The minimum atomic E-state index is -4.34. The van der Waals surface area contributed by atoms with Gasteiger partial charge in [0.2, 0.25) is 6.17 Å². The minimum Gasteiger partial charge on any atom is -0.464 e. The van der Waals surface area contributed by atoms with Crippen molar-refractivity contribution in [1.82, 2.24) is 9.80 Å². The average Bonchev–Trinajstić information content (AvgIpc) is 2.78. The molecule has 174 valence electrons. The second-order valence-corrected chi connectivity index (χ2v) is 8.15. The zero-order valence-electron chi connectivity index (χ0n) is 17.9. The SMILES string of the molecule is CCOC(=O)[C@H](F)C(CN1CCN(c2ccc(C(F)(F)F)cc2)CC1)N1CCCCC1. The largest absolute Gasteiger partial charge is 0.464 e. The molecule has 1 unspecified atom stereocenters. The predicted molar refractivity (Wildman–Crippen MR) is 111 cm³/mol. The Balaban J connectivity index is 1.59. The molecule has 2 aliphatic rings. The van der Waals surface area contributed by atoms with E-state index in [1.807, 2.05) is 4.90 Å². The Morgan fingerprint density at radius 3 is 2.16 bits per heavy atom. The molecule has 2 saturated heterocycles. The Bertz CT molecular complexity index is 700. The monoisotopic (exact) mass is 445 g/mol. The number of piperidine rings is 1. The average molecular weight is 446 g/mol. The number of halogens is 4. The summed E-state index contributed by atoms with van der Waals surface area (Å²) in [6.07, 6.45) is -2.93. The van der Waals surface area contributed by atoms with Crippen molar-refractivity contribution in [3.05, 3.63) is 29.8 Å². The van der Waals surface area contributed by atoms with E-state index in [-0.39, 0.29) is 6.61 Å². The maximum atomic E-state index is 15.0. The third-order valence-corrected chi connectivity index (χ3v) is 6.09. The maximum absolute atomic E-state index is 15.0. The molecular formula is C22H31F4N3O2. The van der Waals surface area contributed by atoms with E-state index >= 15 is 4.39 Å². The number of benzene rings is 1. The van der Waals surface area contributed by atoms with Gasteiger partial charge in [0, 0.05) is 38.4 Å². The molecule has 2 aliphatic heterocycles. The molecule has 1 aromatic carbocycles. The summed E-state index contributed by atoms with van der Waals surface area (Å²) in [5, 5.41) is 0. The molecule has 0 amide bonds. The summed E-state index contributed by atoms with van der Waals surface area (Å²) in [7, 11) is 0. The first-order valence-corrected chi connectivity index (χ1v) is 11.0. The first kappa shape index (κ1) is 23.8. The Kier molecular flexibility index (Phi) is 8.16. The van der Waals surface area contributed by atoms with Gasteiger partial charge in [0.15, 0.2) is 0 Å². The van der Waals surface area contributed by atoms with Crippen molar-refractivity contribution in [3.8, 4) is 0 Å². The summed E-state index contributed by atoms with van der Waals surface area (Å²) in [5.41, 5.74) is 0.0855. The van der Waals surface area contributed by atoms with Crippen LogP contribution < -0.4 is 4.90 Å². The van der Waals surface area contributed by atoms with E-state index in [1.54, 1.807) is 6.92 Å². The van der Waals surface area contributed by atoms with Crippen molar-refractivity contribution in [1.29, 1.82) is 0 Å². The van der Waals surface area contributed by atoms with Crippen LogP contribution in [0.25, 0.3) is 0 Å². The molecule has 0 aliphatic carbocycles. The van der Waals surface area contributed by atoms with Gasteiger partial charge in [-0.05, 0) is 57.1 Å². The zero-order valence-corrected chi connectivity index (χ0v) is 17.9. The minimum absolute atomic E-state index is 0.151. The highest BCUT2D eigenvalue weighted by atomic mass is 19.4. The van der Waals surface area contributed by atoms with Crippen LogP contribution in [0.4, 0.5) is 23.2 Å². The maximum Gasteiger partial charge on any atom is 0.416 e. The van der Waals surface area contributed by atoms with Gasteiger partial charge >= 0.3 is 12.1 Å². The number of piperazine rings is 1. The molecule has 0 saturated carbocycles. The van der Waals surface area contributed by atoms with E-state index in [1.165, 1.54) is 12.1 Å². The van der Waals surface area contributed by atoms with E-state index in [2.05, 4.69) is 9.80 Å². The second kappa shape index (κ2) is 10.6. The first-order valence-electron chi connectivity index (χ1n) is 11.0. The van der Waals surface area contributed by atoms with Crippen LogP contribution in [-0.2, 0) is 15.7 Å². The van der Waals surface area contributed by atoms with Crippen molar-refractivity contribution >= 4 is 11.7 Å². The summed E-state index contributed by atoms with van der Waals surface area (Å²) in [6.45, 7) is 6.37. The standard InChI is InChI=1S/C22H31F4N3O2/c1-2-31-21(30)20(23)19(29-10-4-3-5-11-29)16-27-12-14-28(15-13-27)18-8-6-17(7-9-18)22(24,25)26/h6-9,19-20H,2-5,10-16H2,1H3/t19?,20-/m1/s1. The van der Waals surface area contributed by atoms with Crippen LogP contribution in [0.1, 0.15) is 31.7 Å². The fourth-order valence-electron chi connectivity index (χ4n) is 4.34. The van der Waals surface area contributed by atoms with E-state index in [9.17, 15) is 18.0 Å². The summed E-state index contributed by atoms with van der Waals surface area (Å²) < 4.78 is 58.3. The van der Waals surface area contributed by atoms with Crippen molar-refractivity contribution in [3.63, 3.8) is 0 Å². The van der Waals surface area contributed by atoms with Crippen LogP contribution in [0.5, 0.6) is 0 Å². The lowest BCUT2D eigenvalue weighted by molar-refractivity contribution is -0.152. The molecule has 5 nitrogen and oxygen atoms in total. The number of carbonyl (C=O) groups excluding carboxylic acids is 1. The molecule has 0 spiro atoms. The van der Waals surface area contributed by atoms with Gasteiger partial charge in [0.05, 0.1) is 18.2 Å². The lowest BCUT2D eigenvalue weighted by Crippen LogP contribution is -2.56. The van der Waals surface area contributed by atoms with Gasteiger partial charge in [0.1, 0.15) is 0 Å². The number of rotatable bonds is 7. The number of hydrogen-bond acceptors (Lipinski definition) is 5. The topological polar surface area (TPSA) is 36.0 Å². The Hall–Kier alpha value is -1.87. The summed E-state index contributed by atoms with van der Waals surface area (Å²) in [6, 6.07) is 4.64. The number of hydrogen-bond donors (Lipinski definition) is 0. The Labute approximate surface area is 180 Å². The molecule has 31 heavy (non-hydrogen) atoms. The highest BCUT2D eigenvalue weighted by molar-refractivity contribution is 5.75. The van der Waals surface area contributed by atoms with E-state index in [4.69, 9.17) is 4.74 Å². The van der Waals surface area contributed by atoms with Crippen molar-refractivity contribution < 1.29 is 27.1 Å². The molecule has 0 N–H and O–H groups in total. The fraction of sp³-hybridized carbons (Fsp3) is 0.682. The van der Waals surface area contributed by atoms with Gasteiger partial charge in [-0.2, -0.15) is 13.2 Å². The predicted octanol–water partition coefficient (Wildman–Crippen LogP) is 3.58. The first-order chi connectivity index (χ1) is 14.8. The molecule has 2 heterocycles. The molecule has 2 fully saturated rings. The van der Waals surface area contributed by atoms with Gasteiger partial charge in [0.25, 0.3) is 0 Å². The van der Waals surface area contributed by atoms with E-state index in [0.717, 1.165) is 50.2 Å². The number of likely N-dealkylation sites (tertiary alicyclic amines) is 1. The molecule has 0 aromatic heterocycles. The van der Waals surface area contributed by atoms with Crippen LogP contribution in [0, 0.1) is 0 Å². The molecule has 0 radical (unpaired) electrons. The third-order valence-electron chi connectivity index (χ3n) is 6.09. The zero-order chi connectivity index (χ0) is 22.4. The summed E-state index contributed by atoms with van der Waals surface area (Å²) in [5.74, 6) is -0.804. The van der Waals surface area contributed by atoms with Crippen molar-refractivity contribution in [2.45, 2.75) is 44.6 Å². The van der Waals surface area contributed by atoms with Gasteiger partial charge < -0.3 is 9.64 Å². The number of esters is 1. The Morgan fingerprint density at radius 1 is 1.00 bits per heavy atom. The quantitative estimate of drug-likeness (QED) is 0.474. The molecular weight excluding hydrogens is 414 g/mol. The number of nitrogens with zero attached hydrogens (tertiary/aromatic N) is 3. The van der Waals surface area contributed by atoms with E-state index in [0.29, 0.717) is 32.7 Å². The second-order valence-electron chi connectivity index (χ2n) is 8.15. The van der Waals surface area contributed by atoms with Crippen LogP contribution in [0.2, 0.25) is 0 Å². The van der Waals surface area contributed by atoms with Crippen LogP contribution in [0.15, 0.2) is 24.3 Å². The number of ether oxygens (including phenoxy) is 1. The third kappa shape index (κ3) is 6.32. The summed E-state index contributed by atoms with van der Waals surface area (Å²) >= 11 is 0. The van der Waals surface area contributed by atoms with Gasteiger partial charge in [-0.1, -0.05) is 6.42 Å². The van der Waals surface area contributed by atoms with Crippen LogP contribution in [0.3, 0.4) is 0 Å². The highest BCUT2D eigenvalue weighted by Gasteiger charge is 2.36. The molecule has 9 heteroatoms.